The molecule has 0 bridgehead atoms. The van der Waals surface area contributed by atoms with Gasteiger partial charge in [0.05, 0.1) is 6.61 Å². The summed E-state index contributed by atoms with van der Waals surface area (Å²) in [7, 11) is 0. The number of rotatable bonds is 4. The molecule has 0 saturated heterocycles. The normalized spacial score (nSPS) is 14.3. The van der Waals surface area contributed by atoms with Crippen molar-refractivity contribution in [3.63, 3.8) is 0 Å². The minimum atomic E-state index is -6.64. The largest absolute Gasteiger partial charge is 0.466 e. The minimum Gasteiger partial charge on any atom is -0.466 e. The molecule has 0 fully saturated rings. The molecule has 0 atom stereocenters. The van der Waals surface area contributed by atoms with E-state index in [0.29, 0.717) is 0 Å². The summed E-state index contributed by atoms with van der Waals surface area (Å²) >= 11 is 0. The molecule has 0 heterocycles. The maximum Gasteiger partial charge on any atom is 0.412 e. The number of alkyl halides is 9. The molecule has 0 N–H and O–H groups in total. The lowest BCUT2D eigenvalue weighted by atomic mass is 9.80. The first-order valence-electron chi connectivity index (χ1n) is 5.06. The van der Waals surface area contributed by atoms with Crippen molar-refractivity contribution in [1.29, 1.82) is 0 Å². The number of hydrogen-bond donors (Lipinski definition) is 0. The van der Waals surface area contributed by atoms with E-state index in [2.05, 4.69) is 4.74 Å². The Morgan fingerprint density at radius 3 is 1.45 bits per heavy atom. The first kappa shape index (κ1) is 18.8. The fraction of sp³-hybridized carbons (Fsp3) is 0.889. The van der Waals surface area contributed by atoms with Crippen LogP contribution in [0, 0.1) is 5.41 Å². The average molecular weight is 320 g/mol. The zero-order chi connectivity index (χ0) is 16.4. The van der Waals surface area contributed by atoms with E-state index in [1.807, 2.05) is 0 Å². The Balaban J connectivity index is 5.63. The summed E-state index contributed by atoms with van der Waals surface area (Å²) in [6.45, 7) is 0.818. The van der Waals surface area contributed by atoms with E-state index >= 15 is 0 Å². The fourth-order valence-electron chi connectivity index (χ4n) is 1.43. The molecule has 0 aliphatic carbocycles. The summed E-state index contributed by atoms with van der Waals surface area (Å²) in [5, 5.41) is 0. The highest BCUT2D eigenvalue weighted by Gasteiger charge is 2.82. The van der Waals surface area contributed by atoms with Gasteiger partial charge in [-0.2, -0.15) is 39.5 Å². The van der Waals surface area contributed by atoms with E-state index in [0.717, 1.165) is 0 Å². The summed E-state index contributed by atoms with van der Waals surface area (Å²) < 4.78 is 116. The molecule has 11 heteroatoms. The second kappa shape index (κ2) is 5.68. The zero-order valence-electron chi connectivity index (χ0n) is 9.84. The Labute approximate surface area is 106 Å². The summed E-state index contributed by atoms with van der Waals surface area (Å²) in [5.74, 6) is -1.57. The van der Waals surface area contributed by atoms with Crippen LogP contribution in [-0.2, 0) is 9.53 Å². The topological polar surface area (TPSA) is 26.3 Å². The predicted molar refractivity (Wildman–Crippen MR) is 46.5 cm³/mol. The van der Waals surface area contributed by atoms with Crippen molar-refractivity contribution in [2.45, 2.75) is 38.3 Å². The number of esters is 1. The van der Waals surface area contributed by atoms with Crippen molar-refractivity contribution in [3.8, 4) is 0 Å². The number of ether oxygens (including phenoxy) is 1. The Morgan fingerprint density at radius 2 is 1.20 bits per heavy atom. The van der Waals surface area contributed by atoms with E-state index in [1.54, 1.807) is 0 Å². The Morgan fingerprint density at radius 1 is 0.850 bits per heavy atom. The van der Waals surface area contributed by atoms with Crippen LogP contribution in [0.1, 0.15) is 19.8 Å². The second-order valence-corrected chi connectivity index (χ2v) is 3.70. The van der Waals surface area contributed by atoms with Gasteiger partial charge in [-0.15, -0.1) is 0 Å². The monoisotopic (exact) mass is 320 g/mol. The third kappa shape index (κ3) is 3.48. The molecule has 0 spiro atoms. The van der Waals surface area contributed by atoms with Crippen LogP contribution in [0.5, 0.6) is 0 Å². The second-order valence-electron chi connectivity index (χ2n) is 3.70. The van der Waals surface area contributed by atoms with Gasteiger partial charge in [-0.25, -0.2) is 0 Å². The summed E-state index contributed by atoms with van der Waals surface area (Å²) in [5.41, 5.74) is -5.96. The molecule has 0 aromatic heterocycles. The van der Waals surface area contributed by atoms with Crippen LogP contribution in [-0.4, -0.2) is 31.1 Å². The van der Waals surface area contributed by atoms with E-state index in [-0.39, 0.29) is 6.61 Å². The lowest BCUT2D eigenvalue weighted by Crippen LogP contribution is -2.59. The Kier molecular flexibility index (Phi) is 5.35. The average Bonchev–Trinajstić information content (AvgIpc) is 2.11. The fourth-order valence-corrected chi connectivity index (χ4v) is 1.43. The lowest BCUT2D eigenvalue weighted by Gasteiger charge is -2.38. The zero-order valence-corrected chi connectivity index (χ0v) is 9.84. The Bertz CT molecular complexity index is 303. The van der Waals surface area contributed by atoms with Crippen LogP contribution < -0.4 is 0 Å². The molecule has 0 amide bonds. The van der Waals surface area contributed by atoms with Crippen LogP contribution in [0.3, 0.4) is 0 Å². The Hall–Kier alpha value is -1.16. The van der Waals surface area contributed by atoms with Gasteiger partial charge in [0.25, 0.3) is 5.41 Å². The van der Waals surface area contributed by atoms with Gasteiger partial charge in [0.15, 0.2) is 0 Å². The van der Waals surface area contributed by atoms with Crippen molar-refractivity contribution in [3.05, 3.63) is 0 Å². The third-order valence-electron chi connectivity index (χ3n) is 2.46. The van der Waals surface area contributed by atoms with Crippen LogP contribution in [0.2, 0.25) is 0 Å². The van der Waals surface area contributed by atoms with Crippen molar-refractivity contribution >= 4 is 5.97 Å². The molecule has 0 unspecified atom stereocenters. The van der Waals surface area contributed by atoms with Gasteiger partial charge >= 0.3 is 24.5 Å². The first-order valence-corrected chi connectivity index (χ1v) is 5.06. The molecule has 0 rings (SSSR count). The minimum absolute atomic E-state index is 0.379. The van der Waals surface area contributed by atoms with E-state index in [9.17, 15) is 44.3 Å². The maximum atomic E-state index is 12.4. The molecule has 0 radical (unpaired) electrons. The van der Waals surface area contributed by atoms with Gasteiger partial charge in [-0.3, -0.25) is 4.79 Å². The number of halogens is 9. The van der Waals surface area contributed by atoms with Crippen molar-refractivity contribution in [1.82, 2.24) is 0 Å². The molecule has 120 valence electrons. The molecule has 0 saturated carbocycles. The SMILES string of the molecule is CCOC(=O)CCC(C(F)(F)F)(C(F)(F)F)C(F)(F)F. The molecule has 0 aliphatic heterocycles. The third-order valence-corrected chi connectivity index (χ3v) is 2.46. The molecule has 0 aromatic rings. The number of carbonyl (C=O) groups is 1. The van der Waals surface area contributed by atoms with Crippen LogP contribution in [0.4, 0.5) is 39.5 Å². The van der Waals surface area contributed by atoms with Crippen LogP contribution in [0.15, 0.2) is 0 Å². The molecular weight excluding hydrogens is 311 g/mol. The van der Waals surface area contributed by atoms with Crippen LogP contribution >= 0.6 is 0 Å². The van der Waals surface area contributed by atoms with E-state index in [1.165, 1.54) is 6.92 Å². The highest BCUT2D eigenvalue weighted by molar-refractivity contribution is 5.69. The maximum absolute atomic E-state index is 12.4. The van der Waals surface area contributed by atoms with Gasteiger partial charge in [0, 0.05) is 6.42 Å². The van der Waals surface area contributed by atoms with E-state index in [4.69, 9.17) is 0 Å². The van der Waals surface area contributed by atoms with Gasteiger partial charge < -0.3 is 4.74 Å². The molecule has 2 nitrogen and oxygen atoms in total. The highest BCUT2D eigenvalue weighted by Crippen LogP contribution is 2.61. The first-order chi connectivity index (χ1) is 8.70. The number of carbonyl (C=O) groups excluding carboxylic acids is 1. The summed E-state index contributed by atoms with van der Waals surface area (Å²) in [6, 6.07) is 0. The summed E-state index contributed by atoms with van der Waals surface area (Å²) in [6.07, 6.45) is -24.1. The highest BCUT2D eigenvalue weighted by atomic mass is 19.4. The van der Waals surface area contributed by atoms with Crippen molar-refractivity contribution < 1.29 is 49.0 Å². The molecular formula is C9H9F9O2. The van der Waals surface area contributed by atoms with E-state index < -0.39 is 42.8 Å². The quantitative estimate of drug-likeness (QED) is 0.578. The lowest BCUT2D eigenvalue weighted by molar-refractivity contribution is -0.428. The van der Waals surface area contributed by atoms with Gasteiger partial charge in [0.2, 0.25) is 0 Å². The van der Waals surface area contributed by atoms with Gasteiger partial charge in [0.1, 0.15) is 0 Å². The molecule has 20 heavy (non-hydrogen) atoms. The van der Waals surface area contributed by atoms with Crippen LogP contribution in [0.25, 0.3) is 0 Å². The predicted octanol–water partition coefficient (Wildman–Crippen LogP) is 4.00. The number of hydrogen-bond acceptors (Lipinski definition) is 2. The van der Waals surface area contributed by atoms with Crippen molar-refractivity contribution in [2.24, 2.45) is 5.41 Å². The van der Waals surface area contributed by atoms with Gasteiger partial charge in [-0.05, 0) is 13.3 Å². The summed E-state index contributed by atoms with van der Waals surface area (Å²) in [4.78, 5) is 10.7. The standard InChI is InChI=1S/C9H9F9O2/c1-2-20-5(19)3-4-6(7(10,11)12,8(13,14)15)9(16,17)18/h2-4H2,1H3. The van der Waals surface area contributed by atoms with Gasteiger partial charge in [-0.1, -0.05) is 0 Å². The van der Waals surface area contributed by atoms with Crippen molar-refractivity contribution in [2.75, 3.05) is 6.61 Å². The molecule has 0 aliphatic rings. The molecule has 0 aromatic carbocycles. The smallest absolute Gasteiger partial charge is 0.412 e.